The molecule has 2 rings (SSSR count). The van der Waals surface area contributed by atoms with Crippen LogP contribution in [0, 0.1) is 0 Å². The summed E-state index contributed by atoms with van der Waals surface area (Å²) in [6.07, 6.45) is 0.463. The van der Waals surface area contributed by atoms with Gasteiger partial charge < -0.3 is 10.2 Å². The van der Waals surface area contributed by atoms with Crippen molar-refractivity contribution in [3.63, 3.8) is 0 Å². The van der Waals surface area contributed by atoms with Crippen LogP contribution in [0.2, 0.25) is 5.02 Å². The zero-order valence-electron chi connectivity index (χ0n) is 10.2. The van der Waals surface area contributed by atoms with E-state index in [4.69, 9.17) is 11.6 Å². The Hall–Kier alpha value is -1.55. The number of hydrogen-bond acceptors (Lipinski definition) is 3. The number of nitrogens with one attached hydrogen (secondary N) is 1. The van der Waals surface area contributed by atoms with Gasteiger partial charge in [0.1, 0.15) is 0 Å². The summed E-state index contributed by atoms with van der Waals surface area (Å²) in [7, 11) is 0. The van der Waals surface area contributed by atoms with Crippen LogP contribution < -0.4 is 10.2 Å². The normalized spacial score (nSPS) is 16.1. The standard InChI is InChI=1S/C13H15ClN2O2/c1-9(17)10-2-3-12(11(14)8-10)16-6-4-13(18)15-5-7-16/h2-3,8H,4-7H2,1H3,(H,15,18). The molecule has 0 bridgehead atoms. The lowest BCUT2D eigenvalue weighted by Gasteiger charge is -2.23. The number of carbonyl (C=O) groups excluding carboxylic acids is 2. The van der Waals surface area contributed by atoms with Crippen LogP contribution in [0.3, 0.4) is 0 Å². The molecule has 0 spiro atoms. The molecule has 0 saturated carbocycles. The maximum Gasteiger partial charge on any atom is 0.221 e. The van der Waals surface area contributed by atoms with Crippen molar-refractivity contribution in [3.8, 4) is 0 Å². The quantitative estimate of drug-likeness (QED) is 0.832. The minimum absolute atomic E-state index is 0.00355. The third-order valence-corrected chi connectivity index (χ3v) is 3.31. The summed E-state index contributed by atoms with van der Waals surface area (Å²) in [6.45, 7) is 3.50. The number of amides is 1. The molecule has 1 aromatic carbocycles. The highest BCUT2D eigenvalue weighted by atomic mass is 35.5. The number of carbonyl (C=O) groups is 2. The number of anilines is 1. The summed E-state index contributed by atoms with van der Waals surface area (Å²) in [5.74, 6) is 0.0603. The van der Waals surface area contributed by atoms with Crippen molar-refractivity contribution in [1.29, 1.82) is 0 Å². The number of rotatable bonds is 2. The predicted molar refractivity (Wildman–Crippen MR) is 71.3 cm³/mol. The molecular formula is C13H15ClN2O2. The molecule has 1 aliphatic rings. The number of benzene rings is 1. The van der Waals surface area contributed by atoms with Crippen LogP contribution in [-0.4, -0.2) is 31.3 Å². The van der Waals surface area contributed by atoms with Gasteiger partial charge in [-0.25, -0.2) is 0 Å². The van der Waals surface area contributed by atoms with E-state index in [1.165, 1.54) is 6.92 Å². The monoisotopic (exact) mass is 266 g/mol. The third-order valence-electron chi connectivity index (χ3n) is 3.01. The first-order valence-corrected chi connectivity index (χ1v) is 6.28. The van der Waals surface area contributed by atoms with Gasteiger partial charge in [-0.2, -0.15) is 0 Å². The van der Waals surface area contributed by atoms with Gasteiger partial charge in [0.25, 0.3) is 0 Å². The molecule has 4 nitrogen and oxygen atoms in total. The molecule has 0 unspecified atom stereocenters. The van der Waals surface area contributed by atoms with Crippen molar-refractivity contribution in [1.82, 2.24) is 5.32 Å². The molecule has 0 aromatic heterocycles. The molecule has 0 radical (unpaired) electrons. The first-order valence-electron chi connectivity index (χ1n) is 5.90. The highest BCUT2D eigenvalue weighted by Gasteiger charge is 2.16. The molecule has 1 fully saturated rings. The maximum absolute atomic E-state index is 11.3. The van der Waals surface area contributed by atoms with Crippen LogP contribution in [0.1, 0.15) is 23.7 Å². The molecule has 96 valence electrons. The fourth-order valence-electron chi connectivity index (χ4n) is 1.99. The van der Waals surface area contributed by atoms with Gasteiger partial charge in [0.15, 0.2) is 5.78 Å². The summed E-state index contributed by atoms with van der Waals surface area (Å²) in [5, 5.41) is 3.37. The van der Waals surface area contributed by atoms with E-state index in [0.717, 1.165) is 12.2 Å². The van der Waals surface area contributed by atoms with Gasteiger partial charge in [-0.15, -0.1) is 0 Å². The lowest BCUT2D eigenvalue weighted by molar-refractivity contribution is -0.120. The molecule has 1 saturated heterocycles. The number of halogens is 1. The Morgan fingerprint density at radius 3 is 2.83 bits per heavy atom. The second kappa shape index (κ2) is 5.40. The van der Waals surface area contributed by atoms with Gasteiger partial charge in [-0.1, -0.05) is 11.6 Å². The van der Waals surface area contributed by atoms with Crippen molar-refractivity contribution < 1.29 is 9.59 Å². The SMILES string of the molecule is CC(=O)c1ccc(N2CCNC(=O)CC2)c(Cl)c1. The van der Waals surface area contributed by atoms with E-state index in [1.807, 2.05) is 6.07 Å². The van der Waals surface area contributed by atoms with Gasteiger partial charge in [0, 0.05) is 31.6 Å². The van der Waals surface area contributed by atoms with Crippen molar-refractivity contribution >= 4 is 29.0 Å². The minimum Gasteiger partial charge on any atom is -0.368 e. The lowest BCUT2D eigenvalue weighted by atomic mass is 10.1. The summed E-state index contributed by atoms with van der Waals surface area (Å²) < 4.78 is 0. The summed E-state index contributed by atoms with van der Waals surface area (Å²) in [4.78, 5) is 24.6. The Balaban J connectivity index is 2.22. The average molecular weight is 267 g/mol. The van der Waals surface area contributed by atoms with E-state index in [2.05, 4.69) is 10.2 Å². The molecule has 1 N–H and O–H groups in total. The van der Waals surface area contributed by atoms with Crippen molar-refractivity contribution in [3.05, 3.63) is 28.8 Å². The molecular weight excluding hydrogens is 252 g/mol. The van der Waals surface area contributed by atoms with Gasteiger partial charge >= 0.3 is 0 Å². The summed E-state index contributed by atoms with van der Waals surface area (Å²) in [6, 6.07) is 5.29. The summed E-state index contributed by atoms with van der Waals surface area (Å²) in [5.41, 5.74) is 1.48. The molecule has 1 aliphatic heterocycles. The Labute approximate surface area is 111 Å². The largest absolute Gasteiger partial charge is 0.368 e. The van der Waals surface area contributed by atoms with Crippen molar-refractivity contribution in [2.75, 3.05) is 24.5 Å². The number of nitrogens with zero attached hydrogens (tertiary/aromatic N) is 1. The maximum atomic E-state index is 11.3. The van der Waals surface area contributed by atoms with Crippen LogP contribution in [0.15, 0.2) is 18.2 Å². The first-order chi connectivity index (χ1) is 8.58. The van der Waals surface area contributed by atoms with Crippen LogP contribution in [0.25, 0.3) is 0 Å². The van der Waals surface area contributed by atoms with Crippen molar-refractivity contribution in [2.24, 2.45) is 0 Å². The lowest BCUT2D eigenvalue weighted by Crippen LogP contribution is -2.28. The second-order valence-electron chi connectivity index (χ2n) is 4.31. The molecule has 18 heavy (non-hydrogen) atoms. The minimum atomic E-state index is -0.00355. The molecule has 1 aromatic rings. The van der Waals surface area contributed by atoms with E-state index in [-0.39, 0.29) is 11.7 Å². The number of hydrogen-bond donors (Lipinski definition) is 1. The van der Waals surface area contributed by atoms with E-state index >= 15 is 0 Å². The van der Waals surface area contributed by atoms with Gasteiger partial charge in [-0.05, 0) is 25.1 Å². The highest BCUT2D eigenvalue weighted by molar-refractivity contribution is 6.33. The first kappa shape index (κ1) is 12.9. The molecule has 0 aliphatic carbocycles. The van der Waals surface area contributed by atoms with Crippen LogP contribution in [0.4, 0.5) is 5.69 Å². The number of ketones is 1. The molecule has 0 atom stereocenters. The van der Waals surface area contributed by atoms with Crippen LogP contribution in [-0.2, 0) is 4.79 Å². The Morgan fingerprint density at radius 2 is 2.17 bits per heavy atom. The molecule has 1 heterocycles. The fourth-order valence-corrected chi connectivity index (χ4v) is 2.29. The Kier molecular flexibility index (Phi) is 3.87. The zero-order valence-corrected chi connectivity index (χ0v) is 11.0. The molecule has 5 heteroatoms. The highest BCUT2D eigenvalue weighted by Crippen LogP contribution is 2.27. The van der Waals surface area contributed by atoms with Gasteiger partial charge in [-0.3, -0.25) is 9.59 Å². The average Bonchev–Trinajstić information content (AvgIpc) is 2.54. The smallest absolute Gasteiger partial charge is 0.221 e. The van der Waals surface area contributed by atoms with Gasteiger partial charge in [0.2, 0.25) is 5.91 Å². The van der Waals surface area contributed by atoms with Crippen LogP contribution in [0.5, 0.6) is 0 Å². The summed E-state index contributed by atoms with van der Waals surface area (Å²) >= 11 is 6.20. The van der Waals surface area contributed by atoms with Crippen LogP contribution >= 0.6 is 11.6 Å². The third kappa shape index (κ3) is 2.82. The molecule has 1 amide bonds. The van der Waals surface area contributed by atoms with E-state index in [1.54, 1.807) is 12.1 Å². The number of Topliss-reactive ketones (excluding diaryl/α,β-unsaturated/α-hetero) is 1. The van der Waals surface area contributed by atoms with E-state index in [0.29, 0.717) is 30.1 Å². The Morgan fingerprint density at radius 1 is 1.39 bits per heavy atom. The predicted octanol–water partition coefficient (Wildman–Crippen LogP) is 1.87. The van der Waals surface area contributed by atoms with Gasteiger partial charge in [0.05, 0.1) is 10.7 Å². The van der Waals surface area contributed by atoms with E-state index < -0.39 is 0 Å². The van der Waals surface area contributed by atoms with E-state index in [9.17, 15) is 9.59 Å². The Bertz CT molecular complexity index is 488. The van der Waals surface area contributed by atoms with Crippen molar-refractivity contribution in [2.45, 2.75) is 13.3 Å². The topological polar surface area (TPSA) is 49.4 Å². The second-order valence-corrected chi connectivity index (χ2v) is 4.72. The zero-order chi connectivity index (χ0) is 13.1. The fraction of sp³-hybridized carbons (Fsp3) is 0.385.